The van der Waals surface area contributed by atoms with E-state index in [1.54, 1.807) is 0 Å². The zero-order chi connectivity index (χ0) is 13.1. The fraction of sp³-hybridized carbons (Fsp3) is 0.200. The number of rotatable bonds is 3. The maximum atomic E-state index is 13.1. The molecule has 0 aliphatic heterocycles. The Morgan fingerprint density at radius 1 is 1.39 bits per heavy atom. The number of ether oxygens (including phenoxy) is 2. The van der Waals surface area contributed by atoms with E-state index in [0.717, 1.165) is 6.20 Å². The highest BCUT2D eigenvalue weighted by atomic mass is 19.1. The molecule has 94 valence electrons. The van der Waals surface area contributed by atoms with Crippen LogP contribution in [0.1, 0.15) is 10.6 Å². The minimum absolute atomic E-state index is 0.135. The maximum absolute atomic E-state index is 13.1. The second-order valence-corrected chi connectivity index (χ2v) is 3.19. The molecule has 2 heterocycles. The highest BCUT2D eigenvalue weighted by Gasteiger charge is 2.15. The Kier molecular flexibility index (Phi) is 3.18. The van der Waals surface area contributed by atoms with Crippen LogP contribution < -0.4 is 4.74 Å². The molecule has 7 nitrogen and oxygen atoms in total. The first kappa shape index (κ1) is 12.0. The number of halogens is 1. The molecule has 8 heteroatoms. The van der Waals surface area contributed by atoms with Gasteiger partial charge in [-0.05, 0) is 0 Å². The summed E-state index contributed by atoms with van der Waals surface area (Å²) in [4.78, 5) is 18.7. The van der Waals surface area contributed by atoms with Crippen molar-refractivity contribution >= 4 is 5.97 Å². The van der Waals surface area contributed by atoms with Gasteiger partial charge in [-0.25, -0.2) is 23.8 Å². The molecular formula is C10H9FN4O3. The quantitative estimate of drug-likeness (QED) is 0.744. The lowest BCUT2D eigenvalue weighted by atomic mass is 10.4. The molecule has 0 aliphatic rings. The first-order chi connectivity index (χ1) is 8.65. The Morgan fingerprint density at radius 2 is 2.17 bits per heavy atom. The smallest absolute Gasteiger partial charge is 0.377 e. The third-order valence-corrected chi connectivity index (χ3v) is 2.10. The van der Waals surface area contributed by atoms with Gasteiger partial charge in [0.2, 0.25) is 5.88 Å². The number of esters is 1. The average Bonchev–Trinajstić information content (AvgIpc) is 2.87. The van der Waals surface area contributed by atoms with Crippen molar-refractivity contribution in [2.24, 2.45) is 0 Å². The second kappa shape index (κ2) is 4.78. The van der Waals surface area contributed by atoms with Crippen LogP contribution in [-0.2, 0) is 4.74 Å². The molecule has 0 aliphatic carbocycles. The minimum atomic E-state index is -0.683. The summed E-state index contributed by atoms with van der Waals surface area (Å²) in [5, 5.41) is 3.85. The van der Waals surface area contributed by atoms with E-state index in [4.69, 9.17) is 4.74 Å². The minimum Gasteiger partial charge on any atom is -0.479 e. The van der Waals surface area contributed by atoms with Crippen molar-refractivity contribution in [2.75, 3.05) is 14.2 Å². The fourth-order valence-corrected chi connectivity index (χ4v) is 1.30. The zero-order valence-corrected chi connectivity index (χ0v) is 9.62. The third kappa shape index (κ3) is 2.12. The summed E-state index contributed by atoms with van der Waals surface area (Å²) < 4.78 is 23.7. The molecule has 0 atom stereocenters. The van der Waals surface area contributed by atoms with Gasteiger partial charge in [-0.15, -0.1) is 5.10 Å². The van der Waals surface area contributed by atoms with E-state index in [9.17, 15) is 9.18 Å². The van der Waals surface area contributed by atoms with Crippen LogP contribution in [0.5, 0.6) is 5.88 Å². The van der Waals surface area contributed by atoms with E-state index >= 15 is 0 Å². The molecule has 0 radical (unpaired) electrons. The standard InChI is InChI=1S/C10H9FN4O3/c1-17-9-7(3-6(11)4-12-9)15-5-13-8(14-15)10(16)18-2/h3-5H,1-2H3. The zero-order valence-electron chi connectivity index (χ0n) is 9.62. The van der Waals surface area contributed by atoms with Crippen molar-refractivity contribution in [1.29, 1.82) is 0 Å². The molecule has 0 N–H and O–H groups in total. The van der Waals surface area contributed by atoms with Crippen molar-refractivity contribution in [2.45, 2.75) is 0 Å². The monoisotopic (exact) mass is 252 g/mol. The summed E-state index contributed by atoms with van der Waals surface area (Å²) in [7, 11) is 2.61. The predicted octanol–water partition coefficient (Wildman–Crippen LogP) is 0.597. The van der Waals surface area contributed by atoms with Crippen molar-refractivity contribution < 1.29 is 18.7 Å². The number of hydrogen-bond acceptors (Lipinski definition) is 6. The predicted molar refractivity (Wildman–Crippen MR) is 57.0 cm³/mol. The lowest BCUT2D eigenvalue weighted by molar-refractivity contribution is 0.0587. The van der Waals surface area contributed by atoms with Crippen LogP contribution in [0, 0.1) is 5.82 Å². The molecule has 0 spiro atoms. The summed E-state index contributed by atoms with van der Waals surface area (Å²) >= 11 is 0. The highest BCUT2D eigenvalue weighted by molar-refractivity contribution is 5.84. The van der Waals surface area contributed by atoms with Gasteiger partial charge in [0.25, 0.3) is 5.82 Å². The van der Waals surface area contributed by atoms with Crippen molar-refractivity contribution in [3.8, 4) is 11.6 Å². The van der Waals surface area contributed by atoms with Gasteiger partial charge in [0.05, 0.1) is 20.4 Å². The fourth-order valence-electron chi connectivity index (χ4n) is 1.30. The van der Waals surface area contributed by atoms with E-state index in [-0.39, 0.29) is 17.4 Å². The van der Waals surface area contributed by atoms with E-state index < -0.39 is 11.8 Å². The lowest BCUT2D eigenvalue weighted by Crippen LogP contribution is -2.06. The second-order valence-electron chi connectivity index (χ2n) is 3.19. The van der Waals surface area contributed by atoms with Crippen molar-refractivity contribution in [1.82, 2.24) is 19.7 Å². The van der Waals surface area contributed by atoms with Crippen LogP contribution in [0.4, 0.5) is 4.39 Å². The number of aromatic nitrogens is 4. The van der Waals surface area contributed by atoms with Crippen LogP contribution in [0.2, 0.25) is 0 Å². The summed E-state index contributed by atoms with van der Waals surface area (Å²) in [6, 6.07) is 1.17. The molecule has 18 heavy (non-hydrogen) atoms. The molecule has 0 fully saturated rings. The van der Waals surface area contributed by atoms with Crippen LogP contribution in [0.25, 0.3) is 5.69 Å². The molecule has 2 aromatic rings. The third-order valence-electron chi connectivity index (χ3n) is 2.10. The number of carbonyl (C=O) groups excluding carboxylic acids is 1. The molecular weight excluding hydrogens is 243 g/mol. The van der Waals surface area contributed by atoms with Crippen LogP contribution in [0.3, 0.4) is 0 Å². The molecule has 2 aromatic heterocycles. The summed E-state index contributed by atoms with van der Waals surface area (Å²) in [5.41, 5.74) is 0.236. The molecule has 0 saturated heterocycles. The number of nitrogens with zero attached hydrogens (tertiary/aromatic N) is 4. The largest absolute Gasteiger partial charge is 0.479 e. The molecule has 0 amide bonds. The van der Waals surface area contributed by atoms with Crippen LogP contribution in [0.15, 0.2) is 18.6 Å². The Labute approximate surface area is 101 Å². The van der Waals surface area contributed by atoms with Gasteiger partial charge in [0.1, 0.15) is 17.8 Å². The van der Waals surface area contributed by atoms with E-state index in [0.29, 0.717) is 0 Å². The Hall–Kier alpha value is -2.51. The van der Waals surface area contributed by atoms with Gasteiger partial charge < -0.3 is 9.47 Å². The molecule has 0 unspecified atom stereocenters. The SMILES string of the molecule is COC(=O)c1ncn(-c2cc(F)cnc2OC)n1. The normalized spacial score (nSPS) is 10.2. The Bertz CT molecular complexity index is 584. The van der Waals surface area contributed by atoms with Gasteiger partial charge in [0.15, 0.2) is 0 Å². The first-order valence-electron chi connectivity index (χ1n) is 4.85. The average molecular weight is 252 g/mol. The van der Waals surface area contributed by atoms with Crippen LogP contribution in [-0.4, -0.2) is 39.9 Å². The summed E-state index contributed by atoms with van der Waals surface area (Å²) in [6.07, 6.45) is 2.26. The van der Waals surface area contributed by atoms with E-state index in [1.807, 2.05) is 0 Å². The summed E-state index contributed by atoms with van der Waals surface area (Å²) in [6.45, 7) is 0. The van der Waals surface area contributed by atoms with E-state index in [1.165, 1.54) is 31.3 Å². The Morgan fingerprint density at radius 3 is 2.83 bits per heavy atom. The van der Waals surface area contributed by atoms with Crippen molar-refractivity contribution in [3.05, 3.63) is 30.2 Å². The maximum Gasteiger partial charge on any atom is 0.377 e. The molecule has 0 bridgehead atoms. The topological polar surface area (TPSA) is 79.1 Å². The number of hydrogen-bond donors (Lipinski definition) is 0. The highest BCUT2D eigenvalue weighted by Crippen LogP contribution is 2.19. The van der Waals surface area contributed by atoms with Crippen LogP contribution >= 0.6 is 0 Å². The molecule has 0 aromatic carbocycles. The first-order valence-corrected chi connectivity index (χ1v) is 4.85. The van der Waals surface area contributed by atoms with Gasteiger partial charge in [-0.2, -0.15) is 0 Å². The number of carbonyl (C=O) groups is 1. The Balaban J connectivity index is 2.45. The molecule has 0 saturated carbocycles. The van der Waals surface area contributed by atoms with Gasteiger partial charge in [-0.1, -0.05) is 0 Å². The summed E-state index contributed by atoms with van der Waals surface area (Å²) in [5.74, 6) is -1.21. The van der Waals surface area contributed by atoms with Gasteiger partial charge in [-0.3, -0.25) is 0 Å². The number of pyridine rings is 1. The lowest BCUT2D eigenvalue weighted by Gasteiger charge is -2.05. The molecule has 2 rings (SSSR count). The van der Waals surface area contributed by atoms with E-state index in [2.05, 4.69) is 19.8 Å². The van der Waals surface area contributed by atoms with Gasteiger partial charge in [0, 0.05) is 6.07 Å². The van der Waals surface area contributed by atoms with Crippen molar-refractivity contribution in [3.63, 3.8) is 0 Å². The van der Waals surface area contributed by atoms with Gasteiger partial charge >= 0.3 is 5.97 Å². The number of methoxy groups -OCH3 is 2.